The van der Waals surface area contributed by atoms with Gasteiger partial charge >= 0.3 is 6.03 Å². The van der Waals surface area contributed by atoms with Gasteiger partial charge in [0, 0.05) is 6.54 Å². The van der Waals surface area contributed by atoms with Crippen LogP contribution < -0.4 is 16.0 Å². The Labute approximate surface area is 151 Å². The molecule has 2 aliphatic rings. The number of carbonyl (C=O) groups excluding carboxylic acids is 3. The van der Waals surface area contributed by atoms with E-state index in [0.29, 0.717) is 30.1 Å². The van der Waals surface area contributed by atoms with Crippen molar-refractivity contribution in [3.8, 4) is 0 Å². The maximum Gasteiger partial charge on any atom is 0.319 e. The molecule has 2 saturated heterocycles. The Kier molecular flexibility index (Phi) is 5.13. The van der Waals surface area contributed by atoms with Crippen molar-refractivity contribution in [1.29, 1.82) is 0 Å². The van der Waals surface area contributed by atoms with Gasteiger partial charge in [0.2, 0.25) is 11.8 Å². The molecule has 3 N–H and O–H groups in total. The SMILES string of the molecule is CCC[C@@H]1NC(=O)[C@@H]2C[C@H](NC(=O)Nc3ccccc3Cl)CN2C1=O. The van der Waals surface area contributed by atoms with Crippen molar-refractivity contribution in [3.63, 3.8) is 0 Å². The first kappa shape index (κ1) is 17.5. The van der Waals surface area contributed by atoms with Crippen LogP contribution in [-0.2, 0) is 9.59 Å². The number of amides is 4. The molecule has 0 saturated carbocycles. The summed E-state index contributed by atoms with van der Waals surface area (Å²) in [6, 6.07) is 5.29. The van der Waals surface area contributed by atoms with Gasteiger partial charge in [0.1, 0.15) is 12.1 Å². The molecule has 2 heterocycles. The molecular formula is C17H21ClN4O3. The largest absolute Gasteiger partial charge is 0.343 e. The zero-order valence-electron chi connectivity index (χ0n) is 13.9. The lowest BCUT2D eigenvalue weighted by Crippen LogP contribution is -2.61. The van der Waals surface area contributed by atoms with Crippen molar-refractivity contribution >= 4 is 35.1 Å². The van der Waals surface area contributed by atoms with E-state index in [4.69, 9.17) is 11.6 Å². The van der Waals surface area contributed by atoms with Gasteiger partial charge in [0.15, 0.2) is 0 Å². The number of carbonyl (C=O) groups is 3. The van der Waals surface area contributed by atoms with Crippen molar-refractivity contribution in [3.05, 3.63) is 29.3 Å². The number of halogens is 1. The van der Waals surface area contributed by atoms with Gasteiger partial charge in [-0.15, -0.1) is 0 Å². The molecule has 0 radical (unpaired) electrons. The Balaban J connectivity index is 1.61. The number of fused-ring (bicyclic) bond motifs is 1. The van der Waals surface area contributed by atoms with E-state index in [1.807, 2.05) is 6.92 Å². The number of rotatable bonds is 4. The second kappa shape index (κ2) is 7.31. The molecule has 0 aliphatic carbocycles. The van der Waals surface area contributed by atoms with Crippen molar-refractivity contribution in [2.24, 2.45) is 0 Å². The van der Waals surface area contributed by atoms with Crippen LogP contribution in [0.5, 0.6) is 0 Å². The van der Waals surface area contributed by atoms with E-state index in [1.54, 1.807) is 29.2 Å². The Hall–Kier alpha value is -2.28. The number of nitrogens with one attached hydrogen (secondary N) is 3. The summed E-state index contributed by atoms with van der Waals surface area (Å²) in [5.74, 6) is -0.212. The second-order valence-corrected chi connectivity index (χ2v) is 6.77. The topological polar surface area (TPSA) is 90.5 Å². The highest BCUT2D eigenvalue weighted by Gasteiger charge is 2.46. The maximum atomic E-state index is 12.5. The van der Waals surface area contributed by atoms with E-state index in [9.17, 15) is 14.4 Å². The van der Waals surface area contributed by atoms with Crippen LogP contribution in [-0.4, -0.2) is 47.4 Å². The number of hydrogen-bond donors (Lipinski definition) is 3. The molecule has 1 aromatic carbocycles. The minimum Gasteiger partial charge on any atom is -0.343 e. The monoisotopic (exact) mass is 364 g/mol. The van der Waals surface area contributed by atoms with Gasteiger partial charge in [0.25, 0.3) is 0 Å². The van der Waals surface area contributed by atoms with Crippen LogP contribution in [0.1, 0.15) is 26.2 Å². The van der Waals surface area contributed by atoms with E-state index >= 15 is 0 Å². The third-order valence-electron chi connectivity index (χ3n) is 4.54. The molecule has 3 atom stereocenters. The van der Waals surface area contributed by atoms with Gasteiger partial charge in [-0.3, -0.25) is 9.59 Å². The third-order valence-corrected chi connectivity index (χ3v) is 4.87. The number of urea groups is 1. The summed E-state index contributed by atoms with van der Waals surface area (Å²) in [6.07, 6.45) is 1.85. The Morgan fingerprint density at radius 1 is 1.36 bits per heavy atom. The molecule has 134 valence electrons. The molecule has 0 bridgehead atoms. The van der Waals surface area contributed by atoms with Crippen molar-refractivity contribution < 1.29 is 14.4 Å². The van der Waals surface area contributed by atoms with Gasteiger partial charge < -0.3 is 20.9 Å². The minimum absolute atomic E-state index is 0.0674. The Bertz CT molecular complexity index is 696. The zero-order chi connectivity index (χ0) is 18.0. The molecular weight excluding hydrogens is 344 g/mol. The molecule has 4 amide bonds. The Morgan fingerprint density at radius 3 is 2.84 bits per heavy atom. The summed E-state index contributed by atoms with van der Waals surface area (Å²) in [7, 11) is 0. The van der Waals surface area contributed by atoms with Crippen LogP contribution in [0.2, 0.25) is 5.02 Å². The molecule has 3 rings (SSSR count). The molecule has 2 fully saturated rings. The zero-order valence-corrected chi connectivity index (χ0v) is 14.7. The van der Waals surface area contributed by atoms with Crippen LogP contribution in [0, 0.1) is 0 Å². The fourth-order valence-corrected chi connectivity index (χ4v) is 3.54. The third kappa shape index (κ3) is 3.71. The molecule has 25 heavy (non-hydrogen) atoms. The highest BCUT2D eigenvalue weighted by Crippen LogP contribution is 2.24. The summed E-state index contributed by atoms with van der Waals surface area (Å²) in [5, 5.41) is 8.73. The molecule has 8 heteroatoms. The van der Waals surface area contributed by atoms with Crippen LogP contribution in [0.15, 0.2) is 24.3 Å². The number of anilines is 1. The van der Waals surface area contributed by atoms with Crippen LogP contribution >= 0.6 is 11.6 Å². The first-order chi connectivity index (χ1) is 12.0. The summed E-state index contributed by atoms with van der Waals surface area (Å²) in [6.45, 7) is 2.31. The smallest absolute Gasteiger partial charge is 0.319 e. The van der Waals surface area contributed by atoms with Crippen LogP contribution in [0.4, 0.5) is 10.5 Å². The van der Waals surface area contributed by atoms with Crippen LogP contribution in [0.3, 0.4) is 0 Å². The number of benzene rings is 1. The lowest BCUT2D eigenvalue weighted by molar-refractivity contribution is -0.147. The van der Waals surface area contributed by atoms with E-state index in [2.05, 4.69) is 16.0 Å². The molecule has 7 nitrogen and oxygen atoms in total. The van der Waals surface area contributed by atoms with E-state index in [1.165, 1.54) is 0 Å². The lowest BCUT2D eigenvalue weighted by atomic mass is 10.0. The number of piperazine rings is 1. The van der Waals surface area contributed by atoms with Crippen molar-refractivity contribution in [1.82, 2.24) is 15.5 Å². The highest BCUT2D eigenvalue weighted by atomic mass is 35.5. The average molecular weight is 365 g/mol. The highest BCUT2D eigenvalue weighted by molar-refractivity contribution is 6.33. The molecule has 1 aromatic rings. The lowest BCUT2D eigenvalue weighted by Gasteiger charge is -2.34. The van der Waals surface area contributed by atoms with E-state index < -0.39 is 18.1 Å². The average Bonchev–Trinajstić information content (AvgIpc) is 2.99. The van der Waals surface area contributed by atoms with Gasteiger partial charge in [-0.25, -0.2) is 4.79 Å². The van der Waals surface area contributed by atoms with Crippen LogP contribution in [0.25, 0.3) is 0 Å². The molecule has 2 aliphatic heterocycles. The fourth-order valence-electron chi connectivity index (χ4n) is 3.35. The normalized spacial score (nSPS) is 25.4. The first-order valence-electron chi connectivity index (χ1n) is 8.42. The van der Waals surface area contributed by atoms with E-state index in [0.717, 1.165) is 6.42 Å². The number of nitrogens with zero attached hydrogens (tertiary/aromatic N) is 1. The predicted octanol–water partition coefficient (Wildman–Crippen LogP) is 1.73. The summed E-state index contributed by atoms with van der Waals surface area (Å²) < 4.78 is 0. The van der Waals surface area contributed by atoms with Crippen molar-refractivity contribution in [2.75, 3.05) is 11.9 Å². The molecule has 0 unspecified atom stereocenters. The predicted molar refractivity (Wildman–Crippen MR) is 94.4 cm³/mol. The second-order valence-electron chi connectivity index (χ2n) is 6.37. The number of hydrogen-bond acceptors (Lipinski definition) is 3. The molecule has 0 spiro atoms. The van der Waals surface area contributed by atoms with Gasteiger partial charge in [-0.05, 0) is 25.0 Å². The first-order valence-corrected chi connectivity index (χ1v) is 8.80. The minimum atomic E-state index is -0.508. The summed E-state index contributed by atoms with van der Waals surface area (Å²) in [5.41, 5.74) is 0.509. The molecule has 0 aromatic heterocycles. The maximum absolute atomic E-state index is 12.5. The van der Waals surface area contributed by atoms with Gasteiger partial charge in [-0.2, -0.15) is 0 Å². The number of para-hydroxylation sites is 1. The van der Waals surface area contributed by atoms with Gasteiger partial charge in [0.05, 0.1) is 16.8 Å². The standard InChI is InChI=1S/C17H21ClN4O3/c1-2-5-13-16(24)22-9-10(8-14(22)15(23)20-13)19-17(25)21-12-7-4-3-6-11(12)18/h3-4,6-7,10,13-14H,2,5,8-9H2,1H3,(H,20,23)(H2,19,21,25)/t10-,13-,14-/m0/s1. The van der Waals surface area contributed by atoms with E-state index in [-0.39, 0.29) is 17.9 Å². The summed E-state index contributed by atoms with van der Waals surface area (Å²) in [4.78, 5) is 38.5. The summed E-state index contributed by atoms with van der Waals surface area (Å²) >= 11 is 6.02. The fraction of sp³-hybridized carbons (Fsp3) is 0.471. The van der Waals surface area contributed by atoms with Crippen molar-refractivity contribution in [2.45, 2.75) is 44.3 Å². The quantitative estimate of drug-likeness (QED) is 0.760. The van der Waals surface area contributed by atoms with Gasteiger partial charge in [-0.1, -0.05) is 37.1 Å². The Morgan fingerprint density at radius 2 is 2.12 bits per heavy atom.